The quantitative estimate of drug-likeness (QED) is 0.503. The SMILES string of the molecule is C[C@@H](CN1CCCc2ccc(F)cc2C1)NC(=O)/C=N/O. The monoisotopic (exact) mass is 293 g/mol. The number of amides is 1. The Morgan fingerprint density at radius 3 is 3.14 bits per heavy atom. The molecule has 0 fully saturated rings. The first kappa shape index (κ1) is 15.4. The van der Waals surface area contributed by atoms with Crippen LogP contribution in [0, 0.1) is 5.82 Å². The Labute approximate surface area is 123 Å². The second kappa shape index (κ2) is 7.17. The van der Waals surface area contributed by atoms with Crippen molar-refractivity contribution in [1.82, 2.24) is 10.2 Å². The van der Waals surface area contributed by atoms with Crippen molar-refractivity contribution in [3.8, 4) is 0 Å². The van der Waals surface area contributed by atoms with Gasteiger partial charge >= 0.3 is 0 Å². The largest absolute Gasteiger partial charge is 0.411 e. The third kappa shape index (κ3) is 4.53. The molecule has 114 valence electrons. The Balaban J connectivity index is 1.96. The number of benzene rings is 1. The molecule has 1 aromatic carbocycles. The van der Waals surface area contributed by atoms with Crippen LogP contribution in [0.5, 0.6) is 0 Å². The Hall–Kier alpha value is -1.95. The summed E-state index contributed by atoms with van der Waals surface area (Å²) in [4.78, 5) is 13.5. The van der Waals surface area contributed by atoms with Gasteiger partial charge in [-0.2, -0.15) is 0 Å². The molecule has 0 bridgehead atoms. The smallest absolute Gasteiger partial charge is 0.266 e. The highest BCUT2D eigenvalue weighted by atomic mass is 19.1. The molecule has 1 aliphatic rings. The summed E-state index contributed by atoms with van der Waals surface area (Å²) in [5, 5.41) is 13.7. The molecule has 0 saturated heterocycles. The van der Waals surface area contributed by atoms with Gasteiger partial charge in [-0.1, -0.05) is 11.2 Å². The molecular weight excluding hydrogens is 273 g/mol. The van der Waals surface area contributed by atoms with Crippen LogP contribution in [-0.4, -0.2) is 41.4 Å². The number of hydrogen-bond acceptors (Lipinski definition) is 4. The van der Waals surface area contributed by atoms with Gasteiger partial charge in [0.25, 0.3) is 5.91 Å². The lowest BCUT2D eigenvalue weighted by Crippen LogP contribution is -2.42. The maximum absolute atomic E-state index is 13.4. The van der Waals surface area contributed by atoms with E-state index in [4.69, 9.17) is 5.21 Å². The first-order chi connectivity index (χ1) is 10.1. The number of carbonyl (C=O) groups excluding carboxylic acids is 1. The standard InChI is InChI=1S/C15H20FN3O2/c1-11(18-15(20)8-17-21)9-19-6-2-3-12-4-5-14(16)7-13(12)10-19/h4-5,7-8,11,21H,2-3,6,9-10H2,1H3,(H,18,20)/b17-8+/t11-/m0/s1. The maximum atomic E-state index is 13.4. The van der Waals surface area contributed by atoms with E-state index in [9.17, 15) is 9.18 Å². The van der Waals surface area contributed by atoms with Crippen molar-refractivity contribution in [1.29, 1.82) is 0 Å². The number of rotatable bonds is 4. The van der Waals surface area contributed by atoms with Gasteiger partial charge in [0.1, 0.15) is 12.0 Å². The number of aryl methyl sites for hydroxylation is 1. The van der Waals surface area contributed by atoms with Crippen molar-refractivity contribution in [2.45, 2.75) is 32.4 Å². The molecule has 0 spiro atoms. The van der Waals surface area contributed by atoms with Crippen molar-refractivity contribution >= 4 is 12.1 Å². The van der Waals surface area contributed by atoms with Crippen molar-refractivity contribution in [3.63, 3.8) is 0 Å². The first-order valence-corrected chi connectivity index (χ1v) is 7.06. The number of nitrogens with zero attached hydrogens (tertiary/aromatic N) is 2. The fraction of sp³-hybridized carbons (Fsp3) is 0.467. The van der Waals surface area contributed by atoms with Crippen LogP contribution in [0.2, 0.25) is 0 Å². The van der Waals surface area contributed by atoms with Crippen molar-refractivity contribution in [2.75, 3.05) is 13.1 Å². The van der Waals surface area contributed by atoms with Crippen LogP contribution in [-0.2, 0) is 17.8 Å². The Bertz CT molecular complexity index is 534. The lowest BCUT2D eigenvalue weighted by atomic mass is 10.0. The van der Waals surface area contributed by atoms with E-state index in [2.05, 4.69) is 15.4 Å². The molecule has 2 N–H and O–H groups in total. The van der Waals surface area contributed by atoms with Gasteiger partial charge in [-0.25, -0.2) is 4.39 Å². The van der Waals surface area contributed by atoms with Gasteiger partial charge in [0.2, 0.25) is 0 Å². The number of oxime groups is 1. The van der Waals surface area contributed by atoms with Crippen molar-refractivity contribution in [3.05, 3.63) is 35.1 Å². The zero-order valence-corrected chi connectivity index (χ0v) is 12.1. The average Bonchev–Trinajstić information content (AvgIpc) is 2.59. The molecule has 0 saturated carbocycles. The van der Waals surface area contributed by atoms with Crippen LogP contribution in [0.4, 0.5) is 4.39 Å². The summed E-state index contributed by atoms with van der Waals surface area (Å²) in [5.41, 5.74) is 2.21. The summed E-state index contributed by atoms with van der Waals surface area (Å²) in [6.45, 7) is 4.15. The molecule has 0 radical (unpaired) electrons. The number of fused-ring (bicyclic) bond motifs is 1. The number of carbonyl (C=O) groups is 1. The first-order valence-electron chi connectivity index (χ1n) is 7.06. The minimum absolute atomic E-state index is 0.0781. The van der Waals surface area contributed by atoms with E-state index in [-0.39, 0.29) is 11.9 Å². The number of halogens is 1. The molecule has 1 heterocycles. The normalized spacial score (nSPS) is 17.2. The Kier molecular flexibility index (Phi) is 5.27. The number of hydrogen-bond donors (Lipinski definition) is 2. The highest BCUT2D eigenvalue weighted by molar-refractivity contribution is 6.26. The molecule has 21 heavy (non-hydrogen) atoms. The second-order valence-corrected chi connectivity index (χ2v) is 5.41. The van der Waals surface area contributed by atoms with Crippen LogP contribution in [0.1, 0.15) is 24.5 Å². The lowest BCUT2D eigenvalue weighted by Gasteiger charge is -2.24. The summed E-state index contributed by atoms with van der Waals surface area (Å²) >= 11 is 0. The fourth-order valence-corrected chi connectivity index (χ4v) is 2.72. The summed E-state index contributed by atoms with van der Waals surface area (Å²) in [7, 11) is 0. The molecule has 1 aromatic rings. The van der Waals surface area contributed by atoms with Crippen LogP contribution in [0.3, 0.4) is 0 Å². The third-order valence-corrected chi connectivity index (χ3v) is 3.58. The van der Waals surface area contributed by atoms with E-state index in [1.807, 2.05) is 13.0 Å². The minimum atomic E-state index is -0.425. The van der Waals surface area contributed by atoms with Gasteiger partial charge < -0.3 is 10.5 Å². The third-order valence-electron chi connectivity index (χ3n) is 3.58. The highest BCUT2D eigenvalue weighted by Crippen LogP contribution is 2.19. The van der Waals surface area contributed by atoms with E-state index in [1.54, 1.807) is 6.07 Å². The topological polar surface area (TPSA) is 64.9 Å². The predicted octanol–water partition coefficient (Wildman–Crippen LogP) is 1.54. The molecule has 6 heteroatoms. The second-order valence-electron chi connectivity index (χ2n) is 5.41. The summed E-state index contributed by atoms with van der Waals surface area (Å²) in [5.74, 6) is -0.637. The number of nitrogens with one attached hydrogen (secondary N) is 1. The van der Waals surface area contributed by atoms with Gasteiger partial charge in [0.15, 0.2) is 0 Å². The van der Waals surface area contributed by atoms with Gasteiger partial charge in [0, 0.05) is 19.1 Å². The molecule has 1 atom stereocenters. The van der Waals surface area contributed by atoms with E-state index in [0.29, 0.717) is 13.1 Å². The minimum Gasteiger partial charge on any atom is -0.411 e. The van der Waals surface area contributed by atoms with Crippen molar-refractivity contribution < 1.29 is 14.4 Å². The van der Waals surface area contributed by atoms with Gasteiger partial charge in [-0.3, -0.25) is 9.69 Å². The van der Waals surface area contributed by atoms with Gasteiger partial charge in [-0.15, -0.1) is 0 Å². The zero-order chi connectivity index (χ0) is 15.2. The Morgan fingerprint density at radius 2 is 2.38 bits per heavy atom. The van der Waals surface area contributed by atoms with Gasteiger partial charge in [-0.05, 0) is 49.6 Å². The average molecular weight is 293 g/mol. The van der Waals surface area contributed by atoms with Crippen LogP contribution in [0.25, 0.3) is 0 Å². The van der Waals surface area contributed by atoms with Crippen LogP contribution < -0.4 is 5.32 Å². The summed E-state index contributed by atoms with van der Waals surface area (Å²) in [6.07, 6.45) is 2.80. The molecule has 1 aliphatic heterocycles. The molecular formula is C15H20FN3O2. The molecule has 5 nitrogen and oxygen atoms in total. The van der Waals surface area contributed by atoms with E-state index in [0.717, 1.165) is 31.2 Å². The van der Waals surface area contributed by atoms with Crippen LogP contribution >= 0.6 is 0 Å². The van der Waals surface area contributed by atoms with Crippen LogP contribution in [0.15, 0.2) is 23.4 Å². The molecule has 2 rings (SSSR count). The van der Waals surface area contributed by atoms with E-state index < -0.39 is 5.91 Å². The molecule has 0 unspecified atom stereocenters. The lowest BCUT2D eigenvalue weighted by molar-refractivity contribution is -0.115. The zero-order valence-electron chi connectivity index (χ0n) is 12.1. The predicted molar refractivity (Wildman–Crippen MR) is 77.9 cm³/mol. The van der Waals surface area contributed by atoms with Gasteiger partial charge in [0.05, 0.1) is 0 Å². The molecule has 1 amide bonds. The van der Waals surface area contributed by atoms with E-state index in [1.165, 1.54) is 11.6 Å². The summed E-state index contributed by atoms with van der Waals surface area (Å²) < 4.78 is 13.4. The molecule has 0 aromatic heterocycles. The fourth-order valence-electron chi connectivity index (χ4n) is 2.72. The maximum Gasteiger partial charge on any atom is 0.266 e. The highest BCUT2D eigenvalue weighted by Gasteiger charge is 2.17. The van der Waals surface area contributed by atoms with Crippen molar-refractivity contribution in [2.24, 2.45) is 5.16 Å². The van der Waals surface area contributed by atoms with E-state index >= 15 is 0 Å². The molecule has 0 aliphatic carbocycles. The Morgan fingerprint density at radius 1 is 1.57 bits per heavy atom. The summed E-state index contributed by atoms with van der Waals surface area (Å²) in [6, 6.07) is 4.88.